The van der Waals surface area contributed by atoms with Gasteiger partial charge in [-0.15, -0.1) is 0 Å². The third-order valence-electron chi connectivity index (χ3n) is 6.52. The van der Waals surface area contributed by atoms with Gasteiger partial charge in [0.2, 0.25) is 0 Å². The third-order valence-corrected chi connectivity index (χ3v) is 6.88. The van der Waals surface area contributed by atoms with Crippen LogP contribution in [0.4, 0.5) is 5.69 Å². The van der Waals surface area contributed by atoms with Gasteiger partial charge < -0.3 is 50.2 Å². The SMILES string of the molecule is CCOc1ccc(NC(=S)N(CCO)Cc2cc3cc(C)cc(C)c3[nH]c2=O)cc1.O=C1O[C@@H]([C@H](O)C(=O)O)[C@H](O)[C@@H]1O. The summed E-state index contributed by atoms with van der Waals surface area (Å²) in [5, 5.41) is 49.1. The maximum Gasteiger partial charge on any atom is 0.338 e. The van der Waals surface area contributed by atoms with Crippen molar-refractivity contribution in [3.05, 3.63) is 69.5 Å². The highest BCUT2D eigenvalue weighted by molar-refractivity contribution is 7.80. The predicted octanol–water partition coefficient (Wildman–Crippen LogP) is 0.814. The van der Waals surface area contributed by atoms with E-state index in [4.69, 9.17) is 37.4 Å². The molecule has 0 radical (unpaired) electrons. The number of carbonyl (C=O) groups excluding carboxylic acids is 1. The summed E-state index contributed by atoms with van der Waals surface area (Å²) in [5.41, 5.74) is 4.27. The Morgan fingerprint density at radius 2 is 1.84 bits per heavy atom. The Hall–Kier alpha value is -4.08. The Labute approximate surface area is 252 Å². The van der Waals surface area contributed by atoms with E-state index in [0.29, 0.717) is 30.4 Å². The van der Waals surface area contributed by atoms with Crippen LogP contribution in [0.5, 0.6) is 5.75 Å². The molecule has 1 fully saturated rings. The van der Waals surface area contributed by atoms with Crippen molar-refractivity contribution in [1.29, 1.82) is 0 Å². The molecule has 0 unspecified atom stereocenters. The number of cyclic esters (lactones) is 1. The van der Waals surface area contributed by atoms with Gasteiger partial charge in [0.05, 0.1) is 25.3 Å². The van der Waals surface area contributed by atoms with E-state index in [1.807, 2.05) is 57.2 Å². The Morgan fingerprint density at radius 1 is 1.16 bits per heavy atom. The summed E-state index contributed by atoms with van der Waals surface area (Å²) in [7, 11) is 0. The van der Waals surface area contributed by atoms with Crippen molar-refractivity contribution >= 4 is 45.9 Å². The zero-order chi connectivity index (χ0) is 31.8. The number of H-pyrrole nitrogens is 1. The first-order valence-corrected chi connectivity index (χ1v) is 13.8. The number of aliphatic carboxylic acids is 1. The number of aromatic amines is 1. The number of aromatic nitrogens is 1. The van der Waals surface area contributed by atoms with Crippen LogP contribution in [0.2, 0.25) is 0 Å². The number of pyridine rings is 1. The molecule has 2 aromatic carbocycles. The van der Waals surface area contributed by atoms with E-state index in [1.54, 1.807) is 4.90 Å². The van der Waals surface area contributed by atoms with Gasteiger partial charge in [-0.3, -0.25) is 4.79 Å². The van der Waals surface area contributed by atoms with Gasteiger partial charge in [-0.2, -0.15) is 0 Å². The maximum absolute atomic E-state index is 12.7. The second kappa shape index (κ2) is 14.9. The molecule has 0 saturated carbocycles. The fourth-order valence-electron chi connectivity index (χ4n) is 4.42. The second-order valence-electron chi connectivity index (χ2n) is 9.82. The van der Waals surface area contributed by atoms with E-state index in [0.717, 1.165) is 33.5 Å². The molecule has 3 aromatic rings. The number of aliphatic hydroxyl groups excluding tert-OH is 4. The zero-order valence-corrected chi connectivity index (χ0v) is 24.6. The number of carboxylic acids is 1. The number of ether oxygens (including phenoxy) is 2. The third kappa shape index (κ3) is 8.49. The number of hydrogen-bond acceptors (Lipinski definition) is 10. The lowest BCUT2D eigenvalue weighted by molar-refractivity contribution is -0.161. The number of hydrogen-bond donors (Lipinski definition) is 7. The number of benzene rings is 2. The minimum absolute atomic E-state index is 0.0746. The van der Waals surface area contributed by atoms with Crippen LogP contribution in [-0.2, 0) is 20.9 Å². The van der Waals surface area contributed by atoms with Crippen molar-refractivity contribution in [2.24, 2.45) is 0 Å². The number of aryl methyl sites for hydroxylation is 2. The fourth-order valence-corrected chi connectivity index (χ4v) is 4.69. The lowest BCUT2D eigenvalue weighted by atomic mass is 10.1. The number of esters is 1. The first kappa shape index (κ1) is 33.4. The van der Waals surface area contributed by atoms with Gasteiger partial charge in [-0.1, -0.05) is 11.6 Å². The number of rotatable bonds is 9. The summed E-state index contributed by atoms with van der Waals surface area (Å²) in [6, 6.07) is 13.5. The number of carboxylic acid groups (broad SMARTS) is 1. The van der Waals surface area contributed by atoms with Gasteiger partial charge in [-0.05, 0) is 80.3 Å². The van der Waals surface area contributed by atoms with E-state index in [9.17, 15) is 19.5 Å². The molecule has 14 heteroatoms. The molecule has 4 atom stereocenters. The van der Waals surface area contributed by atoms with E-state index < -0.39 is 36.4 Å². The van der Waals surface area contributed by atoms with Gasteiger partial charge in [-0.25, -0.2) is 9.59 Å². The van der Waals surface area contributed by atoms with Gasteiger partial charge in [0.25, 0.3) is 5.56 Å². The van der Waals surface area contributed by atoms with Crippen molar-refractivity contribution in [2.45, 2.75) is 51.7 Å². The summed E-state index contributed by atoms with van der Waals surface area (Å²) < 4.78 is 9.69. The van der Waals surface area contributed by atoms with Gasteiger partial charge >= 0.3 is 11.9 Å². The molecule has 1 aliphatic rings. The van der Waals surface area contributed by atoms with E-state index >= 15 is 0 Å². The molecule has 43 heavy (non-hydrogen) atoms. The topological polar surface area (TPSA) is 202 Å². The van der Waals surface area contributed by atoms with Gasteiger partial charge in [0.1, 0.15) is 11.9 Å². The number of nitrogens with one attached hydrogen (secondary N) is 2. The number of anilines is 1. The molecule has 0 aliphatic carbocycles. The second-order valence-corrected chi connectivity index (χ2v) is 10.2. The molecule has 2 heterocycles. The average Bonchev–Trinajstić information content (AvgIpc) is 3.21. The summed E-state index contributed by atoms with van der Waals surface area (Å²) >= 11 is 5.55. The van der Waals surface area contributed by atoms with Crippen molar-refractivity contribution < 1.29 is 44.6 Å². The quantitative estimate of drug-likeness (QED) is 0.131. The Bertz CT molecular complexity index is 1510. The molecule has 4 rings (SSSR count). The first-order chi connectivity index (χ1) is 20.4. The van der Waals surface area contributed by atoms with Crippen LogP contribution in [0.1, 0.15) is 23.6 Å². The van der Waals surface area contributed by atoms with Gasteiger partial charge in [0, 0.05) is 17.8 Å². The summed E-state index contributed by atoms with van der Waals surface area (Å²) in [5.74, 6) is -1.99. The number of carbonyl (C=O) groups is 2. The van der Waals surface area contributed by atoms with E-state index in [2.05, 4.69) is 21.1 Å². The average molecular weight is 618 g/mol. The normalized spacial score (nSPS) is 18.3. The minimum atomic E-state index is -2.03. The lowest BCUT2D eigenvalue weighted by Crippen LogP contribution is -2.42. The smallest absolute Gasteiger partial charge is 0.338 e. The van der Waals surface area contributed by atoms with Crippen molar-refractivity contribution in [1.82, 2.24) is 9.88 Å². The largest absolute Gasteiger partial charge is 0.494 e. The van der Waals surface area contributed by atoms with E-state index in [-0.39, 0.29) is 12.2 Å². The standard InChI is InChI=1S/C23H27N3O3S.C6H8O7/c1-4-29-20-7-5-19(6-8-20)24-23(30)26(9-10-27)14-18-13-17-12-15(2)11-16(3)21(17)25-22(18)28;7-1-2(8)6(12)13-4(1)3(9)5(10)11/h5-8,11-13,27H,4,9-10,14H2,1-3H3,(H,24,30)(H,25,28);1-4,7-9H,(H,10,11)/t;1-,2+,3+,4-/m.1/s1. The van der Waals surface area contributed by atoms with Crippen LogP contribution in [0.25, 0.3) is 10.9 Å². The molecule has 232 valence electrons. The monoisotopic (exact) mass is 617 g/mol. The molecule has 1 aromatic heterocycles. The fraction of sp³-hybridized carbons (Fsp3) is 0.379. The number of nitrogens with zero attached hydrogens (tertiary/aromatic N) is 1. The number of fused-ring (bicyclic) bond motifs is 1. The van der Waals surface area contributed by atoms with Crippen LogP contribution >= 0.6 is 12.2 Å². The summed E-state index contributed by atoms with van der Waals surface area (Å²) in [6.07, 6.45) is -7.14. The highest BCUT2D eigenvalue weighted by atomic mass is 32.1. The molecule has 0 bridgehead atoms. The van der Waals surface area contributed by atoms with Crippen molar-refractivity contribution in [2.75, 3.05) is 25.1 Å². The highest BCUT2D eigenvalue weighted by Gasteiger charge is 2.48. The van der Waals surface area contributed by atoms with Crippen molar-refractivity contribution in [3.63, 3.8) is 0 Å². The molecule has 0 spiro atoms. The first-order valence-electron chi connectivity index (χ1n) is 13.4. The van der Waals surface area contributed by atoms with E-state index in [1.165, 1.54) is 0 Å². The minimum Gasteiger partial charge on any atom is -0.494 e. The van der Waals surface area contributed by atoms with Crippen LogP contribution in [-0.4, -0.2) is 96.6 Å². The summed E-state index contributed by atoms with van der Waals surface area (Å²) in [4.78, 5) is 38.2. The highest BCUT2D eigenvalue weighted by Crippen LogP contribution is 2.20. The molecule has 0 amide bonds. The van der Waals surface area contributed by atoms with Crippen LogP contribution < -0.4 is 15.6 Å². The Kier molecular flexibility index (Phi) is 11.6. The van der Waals surface area contributed by atoms with Crippen LogP contribution in [0, 0.1) is 13.8 Å². The number of aliphatic hydroxyl groups is 4. The lowest BCUT2D eigenvalue weighted by Gasteiger charge is -2.25. The zero-order valence-electron chi connectivity index (χ0n) is 23.8. The van der Waals surface area contributed by atoms with Crippen LogP contribution in [0.3, 0.4) is 0 Å². The molecule has 13 nitrogen and oxygen atoms in total. The molecule has 1 aliphatic heterocycles. The van der Waals surface area contributed by atoms with Crippen molar-refractivity contribution in [3.8, 4) is 5.75 Å². The van der Waals surface area contributed by atoms with Gasteiger partial charge in [0.15, 0.2) is 23.4 Å². The maximum atomic E-state index is 12.7. The Balaban J connectivity index is 0.000000326. The molecule has 1 saturated heterocycles. The number of thiocarbonyl (C=S) groups is 1. The van der Waals surface area contributed by atoms with Crippen LogP contribution in [0.15, 0.2) is 47.3 Å². The summed E-state index contributed by atoms with van der Waals surface area (Å²) in [6.45, 7) is 7.09. The predicted molar refractivity (Wildman–Crippen MR) is 161 cm³/mol. The Morgan fingerprint density at radius 3 is 2.40 bits per heavy atom. The molecule has 7 N–H and O–H groups in total. The molecular formula is C29H35N3O10S. The molecular weight excluding hydrogens is 582 g/mol.